The highest BCUT2D eigenvalue weighted by molar-refractivity contribution is 6.28. The summed E-state index contributed by atoms with van der Waals surface area (Å²) < 4.78 is 7.31. The van der Waals surface area contributed by atoms with E-state index >= 15 is 0 Å². The number of benzene rings is 21. The molecule has 0 amide bonds. The Labute approximate surface area is 768 Å². The Morgan fingerprint density at radius 3 is 1.15 bits per heavy atom. The largest absolute Gasteiger partial charge is 0.310 e. The lowest BCUT2D eigenvalue weighted by Gasteiger charge is -2.57. The molecule has 4 aliphatic carbocycles. The van der Waals surface area contributed by atoms with Gasteiger partial charge in [0.2, 0.25) is 0 Å². The molecule has 0 spiro atoms. The number of aromatic nitrogens is 3. The Hall–Kier alpha value is -16.3. The predicted molar refractivity (Wildman–Crippen MR) is 559 cm³/mol. The van der Waals surface area contributed by atoms with E-state index in [0.29, 0.717) is 5.41 Å². The van der Waals surface area contributed by atoms with Crippen LogP contribution in [0.1, 0.15) is 44.1 Å². The van der Waals surface area contributed by atoms with Crippen molar-refractivity contribution in [1.82, 2.24) is 13.7 Å². The van der Waals surface area contributed by atoms with Gasteiger partial charge in [0.1, 0.15) is 0 Å². The standard InChI is InChI=1S/C50H42N2.2C38H26N2/c1-3-10-37(11-4-1)38-18-23-43(24-19-38)52-45-16-8-7-15-44(45)49-47(52)27-20-39-12-9-17-46(48(39)49)51(41-13-5-2-6-14-41)42-25-21-40(22-26-42)50-31-34-28-35(32-50)30-36(29-34)33-50;1-3-16-29(17-4-1)39(30-18-5-2-6-19-30)34-23-12-24-35-38(34)37-32-21-10-8-14-28(32)25-26-36(37)40(35)33-22-11-15-27-13-7-9-20-31(27)33;1-3-13-30(14-4-1)39(31-15-5-2-6-16-31)33-23-20-28-21-24-37-38(35(28)26-33)34-17-9-10-18-36(34)40(37)32-22-19-27-11-7-8-12-29(27)25-32/h1-27,34-36H,28-33H2;2*1-26H. The first-order valence-corrected chi connectivity index (χ1v) is 46.7. The van der Waals surface area contributed by atoms with Gasteiger partial charge in [0.15, 0.2) is 0 Å². The van der Waals surface area contributed by atoms with Gasteiger partial charge in [0, 0.05) is 94.3 Å². The number of anilines is 9. The molecule has 6 nitrogen and oxygen atoms in total. The Morgan fingerprint density at radius 1 is 0.197 bits per heavy atom. The van der Waals surface area contributed by atoms with Crippen LogP contribution >= 0.6 is 0 Å². The number of nitrogens with zero attached hydrogens (tertiary/aromatic N) is 6. The first-order chi connectivity index (χ1) is 65.4. The van der Waals surface area contributed by atoms with Gasteiger partial charge in [-0.1, -0.05) is 315 Å². The quantitative estimate of drug-likeness (QED) is 0.108. The van der Waals surface area contributed by atoms with Gasteiger partial charge in [-0.3, -0.25) is 0 Å². The predicted octanol–water partition coefficient (Wildman–Crippen LogP) is 34.7. The van der Waals surface area contributed by atoms with Crippen molar-refractivity contribution < 1.29 is 0 Å². The summed E-state index contributed by atoms with van der Waals surface area (Å²) in [6, 6.07) is 174. The van der Waals surface area contributed by atoms with E-state index in [9.17, 15) is 0 Å². The average molecular weight is 1690 g/mol. The summed E-state index contributed by atoms with van der Waals surface area (Å²) in [4.78, 5) is 7.21. The summed E-state index contributed by atoms with van der Waals surface area (Å²) in [5.41, 5.74) is 25.7. The molecule has 0 aliphatic heterocycles. The summed E-state index contributed by atoms with van der Waals surface area (Å²) >= 11 is 0. The van der Waals surface area contributed by atoms with Gasteiger partial charge in [-0.15, -0.1) is 0 Å². The van der Waals surface area contributed by atoms with Crippen molar-refractivity contribution in [2.24, 2.45) is 17.8 Å². The Balaban J connectivity index is 0.000000108. The molecule has 24 aromatic rings. The minimum Gasteiger partial charge on any atom is -0.310 e. The highest BCUT2D eigenvalue weighted by atomic mass is 15.2. The Bertz CT molecular complexity index is 8360. The van der Waals surface area contributed by atoms with Gasteiger partial charge >= 0.3 is 0 Å². The minimum atomic E-state index is 0.386. The van der Waals surface area contributed by atoms with Crippen LogP contribution < -0.4 is 14.7 Å². The lowest BCUT2D eigenvalue weighted by Crippen LogP contribution is -2.48. The zero-order chi connectivity index (χ0) is 87.2. The monoisotopic (exact) mass is 1690 g/mol. The summed E-state index contributed by atoms with van der Waals surface area (Å²) in [6.07, 6.45) is 8.60. The van der Waals surface area contributed by atoms with Crippen LogP contribution in [0.3, 0.4) is 0 Å². The fraction of sp³-hybridized carbons (Fsp3) is 0.0794. The fourth-order valence-electron chi connectivity index (χ4n) is 23.5. The average Bonchev–Trinajstić information content (AvgIpc) is 1.58. The third kappa shape index (κ3) is 13.5. The number of fused-ring (bicyclic) bond motifs is 17. The van der Waals surface area contributed by atoms with Crippen molar-refractivity contribution in [2.45, 2.75) is 43.9 Å². The Morgan fingerprint density at radius 2 is 0.561 bits per heavy atom. The number of rotatable bonds is 14. The first-order valence-electron chi connectivity index (χ1n) is 46.7. The molecule has 4 fully saturated rings. The molecular weight excluding hydrogens is 1600 g/mol. The molecule has 0 N–H and O–H groups in total. The van der Waals surface area contributed by atoms with Crippen LogP contribution in [-0.2, 0) is 5.41 Å². The molecule has 132 heavy (non-hydrogen) atoms. The van der Waals surface area contributed by atoms with Crippen molar-refractivity contribution in [3.8, 4) is 28.2 Å². The van der Waals surface area contributed by atoms with Crippen molar-refractivity contribution in [2.75, 3.05) is 14.7 Å². The van der Waals surface area contributed by atoms with Gasteiger partial charge in [-0.2, -0.15) is 0 Å². The molecule has 4 aliphatic rings. The molecule has 3 aromatic heterocycles. The molecule has 4 bridgehead atoms. The molecular formula is C126H94N6. The van der Waals surface area contributed by atoms with Crippen LogP contribution in [0.4, 0.5) is 51.2 Å². The SMILES string of the molecule is c1ccc(-c2ccc(-n3c4ccccc4c4c5c(N(c6ccccc6)c6ccc(C78CC9CC(CC(C9)C7)C8)cc6)cccc5ccc43)cc2)cc1.c1ccc(N(c2ccccc2)c2ccc3ccc4c(c3c2)c2ccccc2n4-c2ccc3ccccc3c2)cc1.c1ccc(N(c2ccccc2)c2cccc3c2c2c4ccccc4ccc2n3-c2cccc3ccccc23)cc1. The van der Waals surface area contributed by atoms with Crippen molar-refractivity contribution in [1.29, 1.82) is 0 Å². The van der Waals surface area contributed by atoms with Gasteiger partial charge in [0.05, 0.1) is 50.2 Å². The smallest absolute Gasteiger partial charge is 0.0562 e. The first kappa shape index (κ1) is 78.0. The molecule has 3 heterocycles. The second kappa shape index (κ2) is 32.8. The van der Waals surface area contributed by atoms with E-state index in [4.69, 9.17) is 0 Å². The van der Waals surface area contributed by atoms with Crippen molar-refractivity contribution in [3.05, 3.63) is 485 Å². The van der Waals surface area contributed by atoms with E-state index in [2.05, 4.69) is 508 Å². The van der Waals surface area contributed by atoms with Crippen molar-refractivity contribution in [3.63, 3.8) is 0 Å². The van der Waals surface area contributed by atoms with E-state index in [-0.39, 0.29) is 0 Å². The third-order valence-corrected chi connectivity index (χ3v) is 28.8. The van der Waals surface area contributed by atoms with Crippen LogP contribution in [0.5, 0.6) is 0 Å². The number of para-hydroxylation sites is 7. The zero-order valence-electron chi connectivity index (χ0n) is 73.3. The van der Waals surface area contributed by atoms with E-state index in [0.717, 1.165) is 51.9 Å². The molecule has 0 saturated heterocycles. The van der Waals surface area contributed by atoms with Gasteiger partial charge in [0.25, 0.3) is 0 Å². The van der Waals surface area contributed by atoms with Crippen LogP contribution in [0.25, 0.3) is 147 Å². The van der Waals surface area contributed by atoms with Gasteiger partial charge in [-0.05, 0) is 285 Å². The maximum absolute atomic E-state index is 2.49. The fourth-order valence-corrected chi connectivity index (χ4v) is 23.5. The summed E-state index contributed by atoms with van der Waals surface area (Å²) in [5, 5.41) is 20.1. The maximum Gasteiger partial charge on any atom is 0.0562 e. The third-order valence-electron chi connectivity index (χ3n) is 28.8. The zero-order valence-corrected chi connectivity index (χ0v) is 73.3. The molecule has 0 atom stereocenters. The molecule has 28 rings (SSSR count). The van der Waals surface area contributed by atoms with E-state index < -0.39 is 0 Å². The van der Waals surface area contributed by atoms with Gasteiger partial charge < -0.3 is 28.4 Å². The van der Waals surface area contributed by atoms with E-state index in [1.165, 1.54) is 203 Å². The van der Waals surface area contributed by atoms with Crippen LogP contribution in [0.2, 0.25) is 0 Å². The highest BCUT2D eigenvalue weighted by Crippen LogP contribution is 2.61. The molecule has 0 unspecified atom stereocenters. The molecule has 4 saturated carbocycles. The minimum absolute atomic E-state index is 0.386. The normalized spacial score (nSPS) is 15.7. The van der Waals surface area contributed by atoms with Gasteiger partial charge in [-0.25, -0.2) is 0 Å². The highest BCUT2D eigenvalue weighted by Gasteiger charge is 2.51. The number of hydrogen-bond acceptors (Lipinski definition) is 3. The lowest BCUT2D eigenvalue weighted by atomic mass is 9.48. The Kier molecular flexibility index (Phi) is 19.4. The second-order valence-corrected chi connectivity index (χ2v) is 36.5. The van der Waals surface area contributed by atoms with Crippen LogP contribution in [-0.4, -0.2) is 13.7 Å². The van der Waals surface area contributed by atoms with Crippen LogP contribution in [0, 0.1) is 17.8 Å². The van der Waals surface area contributed by atoms with E-state index in [1.807, 2.05) is 0 Å². The number of hydrogen-bond donors (Lipinski definition) is 0. The topological polar surface area (TPSA) is 24.5 Å². The summed E-state index contributed by atoms with van der Waals surface area (Å²) in [6.45, 7) is 0. The molecule has 6 heteroatoms. The molecule has 0 radical (unpaired) electrons. The summed E-state index contributed by atoms with van der Waals surface area (Å²) in [7, 11) is 0. The molecule has 628 valence electrons. The summed E-state index contributed by atoms with van der Waals surface area (Å²) in [5.74, 6) is 2.82. The lowest BCUT2D eigenvalue weighted by molar-refractivity contribution is -0.00518. The van der Waals surface area contributed by atoms with Crippen molar-refractivity contribution >= 4 is 170 Å². The van der Waals surface area contributed by atoms with Crippen LogP contribution in [0.15, 0.2) is 479 Å². The molecule has 21 aromatic carbocycles. The van der Waals surface area contributed by atoms with E-state index in [1.54, 1.807) is 5.56 Å². The second-order valence-electron chi connectivity index (χ2n) is 36.5. The maximum atomic E-state index is 2.49.